The summed E-state index contributed by atoms with van der Waals surface area (Å²) in [6.45, 7) is 11.6. The summed E-state index contributed by atoms with van der Waals surface area (Å²) in [5.74, 6) is 0.965. The third-order valence-corrected chi connectivity index (χ3v) is 3.62. The van der Waals surface area contributed by atoms with Gasteiger partial charge in [0, 0.05) is 25.7 Å². The van der Waals surface area contributed by atoms with Crippen molar-refractivity contribution in [3.8, 4) is 5.75 Å². The fourth-order valence-electron chi connectivity index (χ4n) is 2.09. The van der Waals surface area contributed by atoms with E-state index < -0.39 is 0 Å². The van der Waals surface area contributed by atoms with Crippen LogP contribution in [0, 0.1) is 0 Å². The van der Waals surface area contributed by atoms with E-state index in [0.29, 0.717) is 6.04 Å². The zero-order valence-corrected chi connectivity index (χ0v) is 13.0. The second-order valence-corrected chi connectivity index (χ2v) is 4.87. The van der Waals surface area contributed by atoms with E-state index in [0.717, 1.165) is 31.8 Å². The molecule has 0 aromatic heterocycles. The minimum absolute atomic E-state index is 0.549. The van der Waals surface area contributed by atoms with Crippen molar-refractivity contribution in [2.75, 3.05) is 25.1 Å². The number of methoxy groups -OCH3 is 1. The molecule has 108 valence electrons. The molecule has 1 aromatic carbocycles. The Bertz CT molecular complexity index is 375. The minimum atomic E-state index is 0.549. The van der Waals surface area contributed by atoms with Gasteiger partial charge in [-0.1, -0.05) is 13.0 Å². The molecule has 3 nitrogen and oxygen atoms in total. The SMILES string of the molecule is CCC(C)NCc1ccc(N(CC)CC)c(OC)c1. The van der Waals surface area contributed by atoms with Gasteiger partial charge in [-0.2, -0.15) is 0 Å². The number of nitrogens with zero attached hydrogens (tertiary/aromatic N) is 1. The molecule has 3 heteroatoms. The predicted molar refractivity (Wildman–Crippen MR) is 83.1 cm³/mol. The van der Waals surface area contributed by atoms with Crippen molar-refractivity contribution < 1.29 is 4.74 Å². The van der Waals surface area contributed by atoms with Gasteiger partial charge < -0.3 is 15.0 Å². The molecule has 1 atom stereocenters. The summed E-state index contributed by atoms with van der Waals surface area (Å²) in [4.78, 5) is 2.31. The van der Waals surface area contributed by atoms with Crippen LogP contribution in [0.2, 0.25) is 0 Å². The Hall–Kier alpha value is -1.22. The molecule has 0 aliphatic heterocycles. The van der Waals surface area contributed by atoms with Crippen LogP contribution in [0.15, 0.2) is 18.2 Å². The third-order valence-electron chi connectivity index (χ3n) is 3.62. The molecule has 0 spiro atoms. The van der Waals surface area contributed by atoms with E-state index in [1.165, 1.54) is 11.3 Å². The summed E-state index contributed by atoms with van der Waals surface area (Å²) < 4.78 is 5.53. The van der Waals surface area contributed by atoms with Crippen LogP contribution in [0.5, 0.6) is 5.75 Å². The van der Waals surface area contributed by atoms with Crippen LogP contribution in [0.25, 0.3) is 0 Å². The molecule has 1 unspecified atom stereocenters. The maximum Gasteiger partial charge on any atom is 0.142 e. The lowest BCUT2D eigenvalue weighted by molar-refractivity contribution is 0.413. The van der Waals surface area contributed by atoms with E-state index in [4.69, 9.17) is 4.74 Å². The molecule has 0 radical (unpaired) electrons. The predicted octanol–water partition coefficient (Wildman–Crippen LogP) is 3.43. The van der Waals surface area contributed by atoms with Gasteiger partial charge in [0.1, 0.15) is 5.75 Å². The molecular formula is C16H28N2O. The van der Waals surface area contributed by atoms with Crippen LogP contribution in [0.4, 0.5) is 5.69 Å². The molecule has 0 amide bonds. The van der Waals surface area contributed by atoms with Gasteiger partial charge in [-0.15, -0.1) is 0 Å². The zero-order chi connectivity index (χ0) is 14.3. The first kappa shape index (κ1) is 15.8. The van der Waals surface area contributed by atoms with E-state index in [1.54, 1.807) is 7.11 Å². The lowest BCUT2D eigenvalue weighted by Gasteiger charge is -2.24. The minimum Gasteiger partial charge on any atom is -0.495 e. The molecule has 0 fully saturated rings. The monoisotopic (exact) mass is 264 g/mol. The molecular weight excluding hydrogens is 236 g/mol. The van der Waals surface area contributed by atoms with E-state index in [9.17, 15) is 0 Å². The lowest BCUT2D eigenvalue weighted by atomic mass is 10.1. The number of hydrogen-bond donors (Lipinski definition) is 1. The first-order valence-electron chi connectivity index (χ1n) is 7.31. The van der Waals surface area contributed by atoms with Crippen LogP contribution >= 0.6 is 0 Å². The van der Waals surface area contributed by atoms with Gasteiger partial charge in [-0.3, -0.25) is 0 Å². The molecule has 0 saturated carbocycles. The van der Waals surface area contributed by atoms with Crippen LogP contribution in [-0.2, 0) is 6.54 Å². The number of ether oxygens (including phenoxy) is 1. The van der Waals surface area contributed by atoms with E-state index in [1.807, 2.05) is 0 Å². The topological polar surface area (TPSA) is 24.5 Å². The molecule has 0 aliphatic carbocycles. The van der Waals surface area contributed by atoms with Crippen molar-refractivity contribution in [1.29, 1.82) is 0 Å². The molecule has 1 rings (SSSR count). The van der Waals surface area contributed by atoms with Crippen molar-refractivity contribution in [3.63, 3.8) is 0 Å². The number of nitrogens with one attached hydrogen (secondary N) is 1. The number of rotatable bonds is 8. The maximum atomic E-state index is 5.53. The van der Waals surface area contributed by atoms with Gasteiger partial charge in [-0.05, 0) is 44.9 Å². The molecule has 0 saturated heterocycles. The second kappa shape index (κ2) is 8.05. The first-order chi connectivity index (χ1) is 9.15. The normalized spacial score (nSPS) is 12.3. The zero-order valence-electron chi connectivity index (χ0n) is 13.0. The van der Waals surface area contributed by atoms with Crippen LogP contribution < -0.4 is 15.0 Å². The Balaban J connectivity index is 2.83. The van der Waals surface area contributed by atoms with Gasteiger partial charge in [0.2, 0.25) is 0 Å². The van der Waals surface area contributed by atoms with Crippen LogP contribution in [0.3, 0.4) is 0 Å². The summed E-state index contributed by atoms with van der Waals surface area (Å²) in [6, 6.07) is 7.04. The number of hydrogen-bond acceptors (Lipinski definition) is 3. The summed E-state index contributed by atoms with van der Waals surface area (Å²) in [5.41, 5.74) is 2.45. The molecule has 1 N–H and O–H groups in total. The van der Waals surface area contributed by atoms with Crippen molar-refractivity contribution >= 4 is 5.69 Å². The van der Waals surface area contributed by atoms with Gasteiger partial charge in [0.15, 0.2) is 0 Å². The fourth-order valence-corrected chi connectivity index (χ4v) is 2.09. The molecule has 19 heavy (non-hydrogen) atoms. The van der Waals surface area contributed by atoms with Gasteiger partial charge in [0.05, 0.1) is 12.8 Å². The quantitative estimate of drug-likeness (QED) is 0.778. The Labute approximate surface area is 118 Å². The number of benzene rings is 1. The van der Waals surface area contributed by atoms with E-state index in [-0.39, 0.29) is 0 Å². The van der Waals surface area contributed by atoms with E-state index in [2.05, 4.69) is 56.1 Å². The Kier molecular flexibility index (Phi) is 6.71. The molecule has 0 bridgehead atoms. The highest BCUT2D eigenvalue weighted by atomic mass is 16.5. The van der Waals surface area contributed by atoms with E-state index >= 15 is 0 Å². The Morgan fingerprint density at radius 3 is 2.42 bits per heavy atom. The van der Waals surface area contributed by atoms with Crippen LogP contribution in [0.1, 0.15) is 39.7 Å². The third kappa shape index (κ3) is 4.43. The molecule has 0 heterocycles. The summed E-state index contributed by atoms with van der Waals surface area (Å²) in [7, 11) is 1.74. The summed E-state index contributed by atoms with van der Waals surface area (Å²) in [6.07, 6.45) is 1.15. The molecule has 0 aliphatic rings. The largest absolute Gasteiger partial charge is 0.495 e. The highest BCUT2D eigenvalue weighted by molar-refractivity contribution is 5.59. The average Bonchev–Trinajstić information content (AvgIpc) is 2.46. The highest BCUT2D eigenvalue weighted by Gasteiger charge is 2.10. The van der Waals surface area contributed by atoms with Gasteiger partial charge in [-0.25, -0.2) is 0 Å². The van der Waals surface area contributed by atoms with Crippen molar-refractivity contribution in [3.05, 3.63) is 23.8 Å². The van der Waals surface area contributed by atoms with Crippen LogP contribution in [-0.4, -0.2) is 26.2 Å². The summed E-state index contributed by atoms with van der Waals surface area (Å²) in [5, 5.41) is 3.51. The Morgan fingerprint density at radius 2 is 1.89 bits per heavy atom. The first-order valence-corrected chi connectivity index (χ1v) is 7.31. The highest BCUT2D eigenvalue weighted by Crippen LogP contribution is 2.29. The Morgan fingerprint density at radius 1 is 1.21 bits per heavy atom. The average molecular weight is 264 g/mol. The standard InChI is InChI=1S/C16H28N2O/c1-6-13(4)17-12-14-9-10-15(16(11-14)19-5)18(7-2)8-3/h9-11,13,17H,6-8,12H2,1-5H3. The maximum absolute atomic E-state index is 5.53. The van der Waals surface area contributed by atoms with Crippen molar-refractivity contribution in [2.24, 2.45) is 0 Å². The molecule has 1 aromatic rings. The van der Waals surface area contributed by atoms with Gasteiger partial charge >= 0.3 is 0 Å². The van der Waals surface area contributed by atoms with Gasteiger partial charge in [0.25, 0.3) is 0 Å². The fraction of sp³-hybridized carbons (Fsp3) is 0.625. The van der Waals surface area contributed by atoms with Crippen molar-refractivity contribution in [1.82, 2.24) is 5.32 Å². The van der Waals surface area contributed by atoms with Crippen molar-refractivity contribution in [2.45, 2.75) is 46.7 Å². The lowest BCUT2D eigenvalue weighted by Crippen LogP contribution is -2.25. The second-order valence-electron chi connectivity index (χ2n) is 4.87. The number of anilines is 1. The smallest absolute Gasteiger partial charge is 0.142 e. The summed E-state index contributed by atoms with van der Waals surface area (Å²) >= 11 is 0.